The van der Waals surface area contributed by atoms with Gasteiger partial charge in [0, 0.05) is 10.0 Å². The zero-order valence-corrected chi connectivity index (χ0v) is 12.4. The highest BCUT2D eigenvalue weighted by atomic mass is 79.9. The molecule has 1 aliphatic carbocycles. The van der Waals surface area contributed by atoms with Gasteiger partial charge in [-0.2, -0.15) is 0 Å². The van der Waals surface area contributed by atoms with Gasteiger partial charge in [0.2, 0.25) is 0 Å². The third-order valence-corrected chi connectivity index (χ3v) is 4.29. The van der Waals surface area contributed by atoms with Crippen LogP contribution in [0.2, 0.25) is 0 Å². The van der Waals surface area contributed by atoms with Crippen molar-refractivity contribution in [1.82, 2.24) is 0 Å². The summed E-state index contributed by atoms with van der Waals surface area (Å²) in [7, 11) is 0. The second kappa shape index (κ2) is 6.58. The van der Waals surface area contributed by atoms with Crippen molar-refractivity contribution in [1.29, 1.82) is 0 Å². The van der Waals surface area contributed by atoms with Crippen molar-refractivity contribution in [3.63, 3.8) is 0 Å². The molecule has 1 fully saturated rings. The van der Waals surface area contributed by atoms with E-state index in [1.807, 2.05) is 18.2 Å². The van der Waals surface area contributed by atoms with Gasteiger partial charge in [0.15, 0.2) is 0 Å². The monoisotopic (exact) mass is 312 g/mol. The number of aliphatic hydroxyl groups excluding tert-OH is 1. The average molecular weight is 313 g/mol. The minimum absolute atomic E-state index is 0.0265. The Morgan fingerprint density at radius 2 is 2.22 bits per heavy atom. The van der Waals surface area contributed by atoms with Gasteiger partial charge in [-0.1, -0.05) is 35.7 Å². The number of hydrogen-bond donors (Lipinski definition) is 1. The first-order valence-corrected chi connectivity index (χ1v) is 7.58. The fraction of sp³-hybridized carbons (Fsp3) is 0.600. The Morgan fingerprint density at radius 3 is 2.94 bits per heavy atom. The number of aliphatic hydroxyl groups is 1. The van der Waals surface area contributed by atoms with Crippen LogP contribution >= 0.6 is 15.9 Å². The van der Waals surface area contributed by atoms with Crippen LogP contribution in [0.1, 0.15) is 44.6 Å². The molecule has 3 heteroatoms. The van der Waals surface area contributed by atoms with E-state index < -0.39 is 0 Å². The highest BCUT2D eigenvalue weighted by Gasteiger charge is 2.22. The smallest absolute Gasteiger partial charge is 0.125 e. The van der Waals surface area contributed by atoms with Crippen LogP contribution < -0.4 is 4.74 Å². The van der Waals surface area contributed by atoms with E-state index in [9.17, 15) is 5.11 Å². The van der Waals surface area contributed by atoms with Crippen molar-refractivity contribution in [3.05, 3.63) is 28.2 Å². The number of ether oxygens (including phenoxy) is 1. The molecule has 0 aliphatic heterocycles. The number of benzene rings is 1. The molecule has 0 bridgehead atoms. The highest BCUT2D eigenvalue weighted by Crippen LogP contribution is 2.31. The summed E-state index contributed by atoms with van der Waals surface area (Å²) in [6.45, 7) is 2.28. The van der Waals surface area contributed by atoms with E-state index in [4.69, 9.17) is 4.74 Å². The Balaban J connectivity index is 2.04. The third kappa shape index (κ3) is 3.48. The molecule has 2 rings (SSSR count). The second-order valence-electron chi connectivity index (χ2n) is 5.09. The fourth-order valence-corrected chi connectivity index (χ4v) is 3.09. The number of halogens is 1. The molecule has 2 atom stereocenters. The molecule has 1 aromatic carbocycles. The van der Waals surface area contributed by atoms with Gasteiger partial charge in [-0.15, -0.1) is 0 Å². The molecule has 2 nitrogen and oxygen atoms in total. The summed E-state index contributed by atoms with van der Waals surface area (Å²) < 4.78 is 7.06. The van der Waals surface area contributed by atoms with Gasteiger partial charge >= 0.3 is 0 Å². The van der Waals surface area contributed by atoms with Crippen LogP contribution in [0.25, 0.3) is 0 Å². The third-order valence-electron chi connectivity index (χ3n) is 3.80. The maximum Gasteiger partial charge on any atom is 0.125 e. The lowest BCUT2D eigenvalue weighted by molar-refractivity contribution is 0.119. The minimum atomic E-state index is 0.0265. The molecule has 2 unspecified atom stereocenters. The van der Waals surface area contributed by atoms with Gasteiger partial charge in [-0.05, 0) is 43.4 Å². The van der Waals surface area contributed by atoms with Gasteiger partial charge in [0.05, 0.1) is 12.7 Å². The molecule has 18 heavy (non-hydrogen) atoms. The first-order chi connectivity index (χ1) is 8.72. The first kappa shape index (κ1) is 13.9. The van der Waals surface area contributed by atoms with E-state index in [2.05, 4.69) is 22.9 Å². The van der Waals surface area contributed by atoms with E-state index >= 15 is 0 Å². The van der Waals surface area contributed by atoms with Crippen LogP contribution in [0, 0.1) is 5.92 Å². The molecule has 1 N–H and O–H groups in total. The van der Waals surface area contributed by atoms with Crippen molar-refractivity contribution >= 4 is 15.9 Å². The van der Waals surface area contributed by atoms with Gasteiger partial charge in [-0.25, -0.2) is 0 Å². The summed E-state index contributed by atoms with van der Waals surface area (Å²) in [5.41, 5.74) is 0.864. The summed E-state index contributed by atoms with van der Waals surface area (Å²) in [5, 5.41) is 9.37. The molecule has 0 radical (unpaired) electrons. The van der Waals surface area contributed by atoms with Crippen molar-refractivity contribution in [3.8, 4) is 5.75 Å². The maximum absolute atomic E-state index is 9.37. The largest absolute Gasteiger partial charge is 0.490 e. The molecule has 0 amide bonds. The van der Waals surface area contributed by atoms with Crippen LogP contribution in [0.15, 0.2) is 22.7 Å². The van der Waals surface area contributed by atoms with Crippen LogP contribution in [-0.2, 0) is 6.61 Å². The van der Waals surface area contributed by atoms with Gasteiger partial charge in [0.1, 0.15) is 5.75 Å². The molecule has 1 aromatic rings. The molecule has 1 saturated carbocycles. The predicted molar refractivity (Wildman–Crippen MR) is 76.7 cm³/mol. The van der Waals surface area contributed by atoms with Crippen LogP contribution in [0.4, 0.5) is 0 Å². The SMILES string of the molecule is CCC1CCCC(Oc2ccc(Br)cc2CO)C1. The molecule has 0 aromatic heterocycles. The molecule has 0 spiro atoms. The Morgan fingerprint density at radius 1 is 1.39 bits per heavy atom. The Bertz CT molecular complexity index is 392. The Hall–Kier alpha value is -0.540. The fourth-order valence-electron chi connectivity index (χ4n) is 2.69. The molecule has 1 aliphatic rings. The summed E-state index contributed by atoms with van der Waals surface area (Å²) in [4.78, 5) is 0. The van der Waals surface area contributed by atoms with E-state index in [-0.39, 0.29) is 6.61 Å². The van der Waals surface area contributed by atoms with Crippen molar-refractivity contribution in [2.45, 2.75) is 51.7 Å². The standard InChI is InChI=1S/C15H21BrO2/c1-2-11-4-3-5-14(8-11)18-15-7-6-13(16)9-12(15)10-17/h6-7,9,11,14,17H,2-5,8,10H2,1H3. The molecule has 0 heterocycles. The predicted octanol–water partition coefficient (Wildman–Crippen LogP) is 4.29. The topological polar surface area (TPSA) is 29.5 Å². The Kier molecular flexibility index (Phi) is 5.07. The lowest BCUT2D eigenvalue weighted by atomic mass is 9.85. The van der Waals surface area contributed by atoms with Gasteiger partial charge in [-0.3, -0.25) is 0 Å². The zero-order chi connectivity index (χ0) is 13.0. The quantitative estimate of drug-likeness (QED) is 0.898. The van der Waals surface area contributed by atoms with Crippen molar-refractivity contribution in [2.24, 2.45) is 5.92 Å². The zero-order valence-electron chi connectivity index (χ0n) is 10.9. The number of rotatable bonds is 4. The molecular weight excluding hydrogens is 292 g/mol. The maximum atomic E-state index is 9.37. The lowest BCUT2D eigenvalue weighted by Crippen LogP contribution is -2.25. The van der Waals surface area contributed by atoms with E-state index in [1.54, 1.807) is 0 Å². The lowest BCUT2D eigenvalue weighted by Gasteiger charge is -2.29. The minimum Gasteiger partial charge on any atom is -0.490 e. The molecule has 100 valence electrons. The van der Waals surface area contributed by atoms with Crippen LogP contribution in [0.3, 0.4) is 0 Å². The average Bonchev–Trinajstić information content (AvgIpc) is 2.41. The second-order valence-corrected chi connectivity index (χ2v) is 6.01. The highest BCUT2D eigenvalue weighted by molar-refractivity contribution is 9.10. The summed E-state index contributed by atoms with van der Waals surface area (Å²) in [6.07, 6.45) is 6.44. The first-order valence-electron chi connectivity index (χ1n) is 6.78. The summed E-state index contributed by atoms with van der Waals surface area (Å²) >= 11 is 3.42. The van der Waals surface area contributed by atoms with E-state index in [0.29, 0.717) is 6.10 Å². The normalized spacial score (nSPS) is 23.9. The van der Waals surface area contributed by atoms with Gasteiger partial charge in [0.25, 0.3) is 0 Å². The van der Waals surface area contributed by atoms with Crippen molar-refractivity contribution < 1.29 is 9.84 Å². The van der Waals surface area contributed by atoms with E-state index in [0.717, 1.165) is 34.5 Å². The van der Waals surface area contributed by atoms with Crippen LogP contribution in [0.5, 0.6) is 5.75 Å². The number of hydrogen-bond acceptors (Lipinski definition) is 2. The Labute approximate surface area is 117 Å². The summed E-state index contributed by atoms with van der Waals surface area (Å²) in [5.74, 6) is 1.64. The van der Waals surface area contributed by atoms with Crippen LogP contribution in [-0.4, -0.2) is 11.2 Å². The molecule has 0 saturated heterocycles. The molecular formula is C15H21BrO2. The summed E-state index contributed by atoms with van der Waals surface area (Å²) in [6, 6.07) is 5.84. The van der Waals surface area contributed by atoms with E-state index in [1.165, 1.54) is 19.3 Å². The van der Waals surface area contributed by atoms with Gasteiger partial charge < -0.3 is 9.84 Å². The van der Waals surface area contributed by atoms with Crippen molar-refractivity contribution in [2.75, 3.05) is 0 Å².